The van der Waals surface area contributed by atoms with Crippen LogP contribution < -0.4 is 5.32 Å². The molecule has 0 saturated heterocycles. The molecule has 0 aliphatic heterocycles. The van der Waals surface area contributed by atoms with Crippen LogP contribution in [0, 0.1) is 5.82 Å². The molecule has 0 aliphatic carbocycles. The van der Waals surface area contributed by atoms with Crippen molar-refractivity contribution < 1.29 is 4.39 Å². The number of hydrogen-bond acceptors (Lipinski definition) is 2. The molecule has 0 bridgehead atoms. The molecule has 0 spiro atoms. The summed E-state index contributed by atoms with van der Waals surface area (Å²) in [5.74, 6) is -0.327. The Labute approximate surface area is 108 Å². The highest BCUT2D eigenvalue weighted by Crippen LogP contribution is 2.17. The molecule has 1 aromatic carbocycles. The number of rotatable bonds is 6. The first-order valence-electron chi connectivity index (χ1n) is 5.92. The molecule has 1 atom stereocenters. The topological polar surface area (TPSA) is 15.3 Å². The number of nitrogens with one attached hydrogen (secondary N) is 1. The van der Waals surface area contributed by atoms with E-state index >= 15 is 0 Å². The number of halogens is 2. The lowest BCUT2D eigenvalue weighted by Gasteiger charge is -2.25. The Bertz CT molecular complexity index is 357. The van der Waals surface area contributed by atoms with Gasteiger partial charge in [-0.3, -0.25) is 10.2 Å². The van der Waals surface area contributed by atoms with Gasteiger partial charge in [0.15, 0.2) is 0 Å². The molecule has 4 heteroatoms. The van der Waals surface area contributed by atoms with Crippen LogP contribution >= 0.6 is 11.6 Å². The normalized spacial score (nSPS) is 13.1. The molecule has 0 radical (unpaired) electrons. The highest BCUT2D eigenvalue weighted by Gasteiger charge is 2.10. The molecule has 0 amide bonds. The van der Waals surface area contributed by atoms with Gasteiger partial charge in [0.05, 0.1) is 11.2 Å². The summed E-state index contributed by atoms with van der Waals surface area (Å²) in [5, 5.41) is 3.46. The van der Waals surface area contributed by atoms with Crippen LogP contribution in [0.5, 0.6) is 0 Å². The zero-order valence-corrected chi connectivity index (χ0v) is 11.4. The van der Waals surface area contributed by atoms with Crippen LogP contribution in [0.15, 0.2) is 18.2 Å². The second kappa shape index (κ2) is 6.94. The molecular weight excluding hydrogens is 239 g/mol. The van der Waals surface area contributed by atoms with E-state index in [1.54, 1.807) is 18.2 Å². The van der Waals surface area contributed by atoms with Crippen molar-refractivity contribution in [3.05, 3.63) is 34.6 Å². The van der Waals surface area contributed by atoms with Gasteiger partial charge < -0.3 is 0 Å². The predicted molar refractivity (Wildman–Crippen MR) is 70.6 cm³/mol. The van der Waals surface area contributed by atoms with Gasteiger partial charge in [-0.05, 0) is 33.0 Å². The van der Waals surface area contributed by atoms with E-state index < -0.39 is 0 Å². The maximum absolute atomic E-state index is 13.6. The van der Waals surface area contributed by atoms with Gasteiger partial charge in [-0.2, -0.15) is 0 Å². The third kappa shape index (κ3) is 4.26. The first-order chi connectivity index (χ1) is 8.06. The van der Waals surface area contributed by atoms with Gasteiger partial charge in [0.1, 0.15) is 5.82 Å². The summed E-state index contributed by atoms with van der Waals surface area (Å²) in [6.45, 7) is 5.71. The second-order valence-electron chi connectivity index (χ2n) is 4.25. The van der Waals surface area contributed by atoms with E-state index in [1.165, 1.54) is 0 Å². The average Bonchev–Trinajstić information content (AvgIpc) is 2.31. The highest BCUT2D eigenvalue weighted by molar-refractivity contribution is 6.30. The predicted octanol–water partition coefficient (Wildman–Crippen LogP) is 3.26. The molecule has 1 N–H and O–H groups in total. The fourth-order valence-corrected chi connectivity index (χ4v) is 1.84. The Morgan fingerprint density at radius 1 is 1.47 bits per heavy atom. The minimum absolute atomic E-state index is 0.180. The maximum atomic E-state index is 13.6. The molecule has 0 aliphatic rings. The zero-order valence-electron chi connectivity index (χ0n) is 10.6. The van der Waals surface area contributed by atoms with E-state index in [9.17, 15) is 4.39 Å². The molecule has 96 valence electrons. The lowest BCUT2D eigenvalue weighted by atomic mass is 10.2. The SMILES string of the molecule is CCCN(C)C(C)NCc1cccc(Cl)c1F. The van der Waals surface area contributed by atoms with Crippen LogP contribution in [0.1, 0.15) is 25.8 Å². The standard InChI is InChI=1S/C13H20ClFN2/c1-4-8-17(3)10(2)16-9-11-6-5-7-12(14)13(11)15/h5-7,10,16H,4,8-9H2,1-3H3. The minimum Gasteiger partial charge on any atom is -0.298 e. The van der Waals surface area contributed by atoms with Crippen LogP contribution in [-0.2, 0) is 6.54 Å². The Kier molecular flexibility index (Phi) is 5.89. The van der Waals surface area contributed by atoms with Crippen molar-refractivity contribution in [1.82, 2.24) is 10.2 Å². The smallest absolute Gasteiger partial charge is 0.146 e. The van der Waals surface area contributed by atoms with Crippen LogP contribution in [0.25, 0.3) is 0 Å². The van der Waals surface area contributed by atoms with Gasteiger partial charge >= 0.3 is 0 Å². The van der Waals surface area contributed by atoms with Crippen molar-refractivity contribution in [1.29, 1.82) is 0 Å². The summed E-state index contributed by atoms with van der Waals surface area (Å²) in [6, 6.07) is 5.08. The fraction of sp³-hybridized carbons (Fsp3) is 0.538. The number of nitrogens with zero attached hydrogens (tertiary/aromatic N) is 1. The molecule has 1 unspecified atom stereocenters. The molecule has 0 fully saturated rings. The van der Waals surface area contributed by atoms with Crippen LogP contribution in [0.3, 0.4) is 0 Å². The zero-order chi connectivity index (χ0) is 12.8. The Balaban J connectivity index is 2.52. The summed E-state index contributed by atoms with van der Waals surface area (Å²) < 4.78 is 13.6. The summed E-state index contributed by atoms with van der Waals surface area (Å²) in [4.78, 5) is 2.20. The van der Waals surface area contributed by atoms with Crippen molar-refractivity contribution in [3.63, 3.8) is 0 Å². The first-order valence-corrected chi connectivity index (χ1v) is 6.30. The van der Waals surface area contributed by atoms with Gasteiger partial charge in [0, 0.05) is 12.1 Å². The van der Waals surface area contributed by atoms with Gasteiger partial charge in [-0.15, -0.1) is 0 Å². The minimum atomic E-state index is -0.327. The summed E-state index contributed by atoms with van der Waals surface area (Å²) in [6.07, 6.45) is 1.32. The van der Waals surface area contributed by atoms with E-state index in [0.717, 1.165) is 13.0 Å². The molecule has 1 rings (SSSR count). The highest BCUT2D eigenvalue weighted by atomic mass is 35.5. The van der Waals surface area contributed by atoms with Gasteiger partial charge in [-0.1, -0.05) is 30.7 Å². The molecule has 2 nitrogen and oxygen atoms in total. The van der Waals surface area contributed by atoms with Crippen LogP contribution in [-0.4, -0.2) is 24.7 Å². The quantitative estimate of drug-likeness (QED) is 0.788. The van der Waals surface area contributed by atoms with E-state index in [2.05, 4.69) is 31.1 Å². The molecule has 1 aromatic rings. The summed E-state index contributed by atoms with van der Waals surface area (Å²) >= 11 is 5.73. The molecule has 0 saturated carbocycles. The largest absolute Gasteiger partial charge is 0.298 e. The van der Waals surface area contributed by atoms with Crippen LogP contribution in [0.4, 0.5) is 4.39 Å². The number of hydrogen-bond donors (Lipinski definition) is 1. The van der Waals surface area contributed by atoms with E-state index in [-0.39, 0.29) is 17.0 Å². The van der Waals surface area contributed by atoms with Crippen molar-refractivity contribution >= 4 is 11.6 Å². The Morgan fingerprint density at radius 2 is 2.18 bits per heavy atom. The molecule has 0 aromatic heterocycles. The lowest BCUT2D eigenvalue weighted by Crippen LogP contribution is -2.41. The first kappa shape index (κ1) is 14.4. The van der Waals surface area contributed by atoms with Crippen molar-refractivity contribution in [3.8, 4) is 0 Å². The maximum Gasteiger partial charge on any atom is 0.146 e. The average molecular weight is 259 g/mol. The lowest BCUT2D eigenvalue weighted by molar-refractivity contribution is 0.218. The monoisotopic (exact) mass is 258 g/mol. The van der Waals surface area contributed by atoms with Gasteiger partial charge in [0.2, 0.25) is 0 Å². The molecule has 17 heavy (non-hydrogen) atoms. The van der Waals surface area contributed by atoms with Crippen molar-refractivity contribution in [2.24, 2.45) is 0 Å². The third-order valence-corrected chi connectivity index (χ3v) is 3.15. The van der Waals surface area contributed by atoms with E-state index in [0.29, 0.717) is 12.1 Å². The molecular formula is C13H20ClFN2. The Hall–Kier alpha value is -0.640. The third-order valence-electron chi connectivity index (χ3n) is 2.86. The van der Waals surface area contributed by atoms with Crippen molar-refractivity contribution in [2.45, 2.75) is 33.0 Å². The Morgan fingerprint density at radius 3 is 2.82 bits per heavy atom. The number of benzene rings is 1. The van der Waals surface area contributed by atoms with Gasteiger partial charge in [0.25, 0.3) is 0 Å². The van der Waals surface area contributed by atoms with Crippen molar-refractivity contribution in [2.75, 3.05) is 13.6 Å². The fourth-order valence-electron chi connectivity index (χ4n) is 1.64. The summed E-state index contributed by atoms with van der Waals surface area (Å²) in [7, 11) is 2.05. The molecule has 0 heterocycles. The van der Waals surface area contributed by atoms with E-state index in [1.807, 2.05) is 0 Å². The van der Waals surface area contributed by atoms with Gasteiger partial charge in [-0.25, -0.2) is 4.39 Å². The second-order valence-corrected chi connectivity index (χ2v) is 4.66. The van der Waals surface area contributed by atoms with Crippen LogP contribution in [0.2, 0.25) is 5.02 Å². The summed E-state index contributed by atoms with van der Waals surface area (Å²) in [5.41, 5.74) is 0.606. The van der Waals surface area contributed by atoms with E-state index in [4.69, 9.17) is 11.6 Å².